The largest absolute Gasteiger partial charge is 0.514 e. The summed E-state index contributed by atoms with van der Waals surface area (Å²) in [6.45, 7) is 15.5. The fourth-order valence-corrected chi connectivity index (χ4v) is 10.5. The summed E-state index contributed by atoms with van der Waals surface area (Å²) < 4.78 is 41.4. The van der Waals surface area contributed by atoms with Crippen LogP contribution in [0, 0.1) is 22.7 Å². The van der Waals surface area contributed by atoms with E-state index in [1.165, 1.54) is 24.0 Å². The molecule has 0 aromatic heterocycles. The third kappa shape index (κ3) is 5.22. The van der Waals surface area contributed by atoms with Crippen molar-refractivity contribution in [3.63, 3.8) is 0 Å². The van der Waals surface area contributed by atoms with Crippen molar-refractivity contribution in [2.75, 3.05) is 66.4 Å². The standard InChI is InChI=1S/C38H57NO9/c1-7-43-16-17-44-18-19-45-20-21-46-33(40)47-27-11-10-26-22-29-36-12-13-38(42-6,28(23-36)35(5,41)34(2,3)4)32-37(36,30(26)31(27)48-32)14-15-39(29)24-25-8-9-25/h10-11,25,28-29,32,41H,7-9,12-24H2,1-6H3/t28-,29-,32-,35+,36-,37+,38?/m1/s1. The van der Waals surface area contributed by atoms with Gasteiger partial charge in [-0.1, -0.05) is 26.8 Å². The first-order valence-corrected chi connectivity index (χ1v) is 18.4. The minimum Gasteiger partial charge on any atom is -0.482 e. The minimum atomic E-state index is -0.993. The third-order valence-corrected chi connectivity index (χ3v) is 13.4. The Kier molecular flexibility index (Phi) is 9.11. The van der Waals surface area contributed by atoms with Crippen LogP contribution in [0.4, 0.5) is 4.79 Å². The Bertz CT molecular complexity index is 1360. The molecule has 2 spiro atoms. The Balaban J connectivity index is 1.14. The molecule has 5 aliphatic carbocycles. The van der Waals surface area contributed by atoms with Crippen molar-refractivity contribution in [2.24, 2.45) is 22.7 Å². The second-order valence-corrected chi connectivity index (χ2v) is 16.4. The van der Waals surface area contributed by atoms with E-state index in [1.54, 1.807) is 7.11 Å². The number of ether oxygens (including phenoxy) is 7. The zero-order valence-electron chi connectivity index (χ0n) is 29.9. The van der Waals surface area contributed by atoms with E-state index >= 15 is 0 Å². The molecule has 48 heavy (non-hydrogen) atoms. The lowest BCUT2D eigenvalue weighted by atomic mass is 9.33. The number of carbonyl (C=O) groups is 1. The first-order valence-electron chi connectivity index (χ1n) is 18.4. The predicted molar refractivity (Wildman–Crippen MR) is 179 cm³/mol. The zero-order chi connectivity index (χ0) is 34.0. The van der Waals surface area contributed by atoms with Crippen molar-refractivity contribution in [1.29, 1.82) is 0 Å². The van der Waals surface area contributed by atoms with Gasteiger partial charge in [-0.05, 0) is 88.3 Å². The van der Waals surface area contributed by atoms with Crippen molar-refractivity contribution < 1.29 is 43.1 Å². The van der Waals surface area contributed by atoms with Gasteiger partial charge in [0.2, 0.25) is 0 Å². The summed E-state index contributed by atoms with van der Waals surface area (Å²) in [7, 11) is 1.81. The molecular formula is C38H57NO9. The van der Waals surface area contributed by atoms with E-state index in [1.807, 2.05) is 19.9 Å². The predicted octanol–water partition coefficient (Wildman–Crippen LogP) is 5.29. The van der Waals surface area contributed by atoms with Gasteiger partial charge in [0.25, 0.3) is 0 Å². The highest BCUT2D eigenvalue weighted by atomic mass is 16.7. The van der Waals surface area contributed by atoms with E-state index < -0.39 is 17.4 Å². The molecule has 0 amide bonds. The molecule has 7 atom stereocenters. The Morgan fingerprint density at radius 1 is 1.00 bits per heavy atom. The van der Waals surface area contributed by atoms with Gasteiger partial charge in [-0.3, -0.25) is 4.90 Å². The summed E-state index contributed by atoms with van der Waals surface area (Å²) in [5.41, 5.74) is 0.108. The molecule has 1 aromatic rings. The van der Waals surface area contributed by atoms with Crippen LogP contribution in [-0.2, 0) is 35.5 Å². The smallest absolute Gasteiger partial charge is 0.482 e. The second kappa shape index (κ2) is 12.7. The lowest BCUT2D eigenvalue weighted by Gasteiger charge is -2.75. The number of fused-ring (bicyclic) bond motifs is 2. The maximum absolute atomic E-state index is 13.0. The molecule has 1 saturated heterocycles. The molecule has 10 heteroatoms. The molecule has 2 heterocycles. The fourth-order valence-electron chi connectivity index (χ4n) is 10.5. The van der Waals surface area contributed by atoms with Gasteiger partial charge in [0.05, 0.1) is 38.6 Å². The van der Waals surface area contributed by atoms with Crippen molar-refractivity contribution in [2.45, 2.75) is 108 Å². The first-order chi connectivity index (χ1) is 22.9. The summed E-state index contributed by atoms with van der Waals surface area (Å²) in [4.78, 5) is 15.8. The number of carbonyl (C=O) groups excluding carboxylic acids is 1. The number of methoxy groups -OCH3 is 1. The highest BCUT2D eigenvalue weighted by Crippen LogP contribution is 2.78. The van der Waals surface area contributed by atoms with Gasteiger partial charge in [-0.15, -0.1) is 0 Å². The normalized spacial score (nSPS) is 34.4. The van der Waals surface area contributed by atoms with Crippen LogP contribution in [0.1, 0.15) is 84.3 Å². The van der Waals surface area contributed by atoms with Crippen molar-refractivity contribution in [1.82, 2.24) is 4.90 Å². The number of rotatable bonds is 15. The van der Waals surface area contributed by atoms with Crippen molar-refractivity contribution in [3.8, 4) is 11.5 Å². The summed E-state index contributed by atoms with van der Waals surface area (Å²) in [5.74, 6) is 1.73. The monoisotopic (exact) mass is 671 g/mol. The molecule has 1 N–H and O–H groups in total. The van der Waals surface area contributed by atoms with Crippen LogP contribution in [0.3, 0.4) is 0 Å². The summed E-state index contributed by atoms with van der Waals surface area (Å²) >= 11 is 0. The highest BCUT2D eigenvalue weighted by Gasteiger charge is 2.82. The van der Waals surface area contributed by atoms with Gasteiger partial charge in [0.15, 0.2) is 11.5 Å². The molecule has 4 bridgehead atoms. The van der Waals surface area contributed by atoms with E-state index in [2.05, 4.69) is 31.7 Å². The summed E-state index contributed by atoms with van der Waals surface area (Å²) in [6, 6.07) is 4.40. The number of benzene rings is 1. The van der Waals surface area contributed by atoms with E-state index in [0.29, 0.717) is 50.6 Å². The van der Waals surface area contributed by atoms with Gasteiger partial charge >= 0.3 is 6.16 Å². The second-order valence-electron chi connectivity index (χ2n) is 16.4. The lowest BCUT2D eigenvalue weighted by molar-refractivity contribution is -0.312. The molecule has 8 rings (SSSR count). The van der Waals surface area contributed by atoms with Crippen molar-refractivity contribution >= 4 is 6.16 Å². The SMILES string of the molecule is CCOCCOCCOCCOC(=O)Oc1ccc2c3c1O[C@H]1C4(OC)CC[C@@]5(C[C@@H]4[C@](C)(O)C(C)(C)C)[C@@H](C2)N(CC2CC2)CC[C@]315. The van der Waals surface area contributed by atoms with Crippen molar-refractivity contribution in [3.05, 3.63) is 23.3 Å². The summed E-state index contributed by atoms with van der Waals surface area (Å²) in [5, 5.41) is 12.4. The fraction of sp³-hybridized carbons (Fsp3) is 0.816. The molecule has 5 fully saturated rings. The van der Waals surface area contributed by atoms with E-state index in [-0.39, 0.29) is 41.5 Å². The third-order valence-electron chi connectivity index (χ3n) is 13.4. The van der Waals surface area contributed by atoms with Gasteiger partial charge in [0.1, 0.15) is 18.3 Å². The molecule has 4 saturated carbocycles. The van der Waals surface area contributed by atoms with Gasteiger partial charge in [-0.25, -0.2) is 4.79 Å². The lowest BCUT2D eigenvalue weighted by Crippen LogP contribution is -2.83. The molecule has 1 aromatic carbocycles. The maximum Gasteiger partial charge on any atom is 0.514 e. The Hall–Kier alpha value is -1.95. The number of piperidine rings is 1. The van der Waals surface area contributed by atoms with Crippen LogP contribution in [0.5, 0.6) is 11.5 Å². The number of nitrogens with zero attached hydrogens (tertiary/aromatic N) is 1. The molecule has 2 aliphatic heterocycles. The number of hydrogen-bond donors (Lipinski definition) is 1. The zero-order valence-corrected chi connectivity index (χ0v) is 29.9. The first kappa shape index (κ1) is 34.5. The Morgan fingerprint density at radius 2 is 1.71 bits per heavy atom. The van der Waals surface area contributed by atoms with Crippen LogP contribution in [0.25, 0.3) is 0 Å². The van der Waals surface area contributed by atoms with Crippen LogP contribution >= 0.6 is 0 Å². The van der Waals surface area contributed by atoms with Gasteiger partial charge < -0.3 is 38.3 Å². The molecular weight excluding hydrogens is 614 g/mol. The minimum absolute atomic E-state index is 0.0729. The number of likely N-dealkylation sites (tertiary alicyclic amines) is 1. The molecule has 268 valence electrons. The maximum atomic E-state index is 13.0. The van der Waals surface area contributed by atoms with Gasteiger partial charge in [-0.2, -0.15) is 0 Å². The quantitative estimate of drug-likeness (QED) is 0.150. The van der Waals surface area contributed by atoms with E-state index in [4.69, 9.17) is 33.2 Å². The molecule has 1 unspecified atom stereocenters. The summed E-state index contributed by atoms with van der Waals surface area (Å²) in [6.07, 6.45) is 6.25. The topological polar surface area (TPSA) is 105 Å². The van der Waals surface area contributed by atoms with Gasteiger partial charge in [0, 0.05) is 48.6 Å². The number of hydrogen-bond acceptors (Lipinski definition) is 10. The van der Waals surface area contributed by atoms with Crippen LogP contribution in [0.2, 0.25) is 0 Å². The van der Waals surface area contributed by atoms with Crippen LogP contribution in [0.15, 0.2) is 12.1 Å². The highest BCUT2D eigenvalue weighted by molar-refractivity contribution is 5.70. The number of aliphatic hydroxyl groups is 1. The average molecular weight is 672 g/mol. The Labute approximate surface area is 286 Å². The van der Waals surface area contributed by atoms with E-state index in [0.717, 1.165) is 51.1 Å². The molecule has 0 radical (unpaired) electrons. The molecule has 7 aliphatic rings. The van der Waals surface area contributed by atoms with Crippen LogP contribution in [-0.4, -0.2) is 106 Å². The Morgan fingerprint density at radius 3 is 2.38 bits per heavy atom. The average Bonchev–Trinajstić information content (AvgIpc) is 3.80. The van der Waals surface area contributed by atoms with Crippen LogP contribution < -0.4 is 9.47 Å². The van der Waals surface area contributed by atoms with E-state index in [9.17, 15) is 9.90 Å². The molecule has 10 nitrogen and oxygen atoms in total.